The second-order valence-electron chi connectivity index (χ2n) is 4.81. The maximum atomic E-state index is 12.5. The SMILES string of the molecule is COc1nnc(NC(=O)c2cnc(C)cc2-c2cnn(C)c2)s1. The predicted octanol–water partition coefficient (Wildman–Crippen LogP) is 1.90. The Hall–Kier alpha value is -2.81. The number of anilines is 1. The maximum absolute atomic E-state index is 12.5. The van der Waals surface area contributed by atoms with Crippen LogP contribution in [0.15, 0.2) is 24.7 Å². The van der Waals surface area contributed by atoms with Crippen LogP contribution in [0.1, 0.15) is 16.1 Å². The maximum Gasteiger partial charge on any atom is 0.295 e. The number of pyridine rings is 1. The molecule has 3 aromatic heterocycles. The Labute approximate surface area is 136 Å². The molecular weight excluding hydrogens is 316 g/mol. The second-order valence-corrected chi connectivity index (χ2v) is 5.75. The Kier molecular flexibility index (Phi) is 4.02. The average Bonchev–Trinajstić information content (AvgIpc) is 3.16. The molecule has 0 aliphatic rings. The lowest BCUT2D eigenvalue weighted by Gasteiger charge is -2.07. The van der Waals surface area contributed by atoms with Crippen LogP contribution in [0.25, 0.3) is 11.1 Å². The number of nitrogens with zero attached hydrogens (tertiary/aromatic N) is 5. The first-order valence-electron chi connectivity index (χ1n) is 6.71. The quantitative estimate of drug-likeness (QED) is 0.785. The molecule has 0 spiro atoms. The molecule has 0 unspecified atom stereocenters. The molecule has 9 heteroatoms. The van der Waals surface area contributed by atoms with Crippen LogP contribution in [0.3, 0.4) is 0 Å². The van der Waals surface area contributed by atoms with Gasteiger partial charge >= 0.3 is 0 Å². The van der Waals surface area contributed by atoms with Crippen LogP contribution in [0.2, 0.25) is 0 Å². The molecule has 118 valence electrons. The third-order valence-electron chi connectivity index (χ3n) is 3.10. The Morgan fingerprint density at radius 1 is 1.35 bits per heavy atom. The molecular formula is C14H14N6O2S. The normalized spacial score (nSPS) is 10.6. The zero-order valence-electron chi connectivity index (χ0n) is 12.8. The molecule has 0 aliphatic heterocycles. The molecule has 3 aromatic rings. The van der Waals surface area contributed by atoms with Crippen molar-refractivity contribution in [1.82, 2.24) is 25.0 Å². The van der Waals surface area contributed by atoms with E-state index < -0.39 is 0 Å². The summed E-state index contributed by atoms with van der Waals surface area (Å²) >= 11 is 1.15. The standard InChI is InChI=1S/C14H14N6O2S/c1-8-4-10(9-5-16-20(2)7-9)11(6-15-8)12(21)17-13-18-19-14(22-3)23-13/h4-7H,1-3H3,(H,17,18,21). The number of aromatic nitrogens is 5. The molecule has 0 aliphatic carbocycles. The van der Waals surface area contributed by atoms with Gasteiger partial charge in [-0.2, -0.15) is 5.10 Å². The summed E-state index contributed by atoms with van der Waals surface area (Å²) in [6, 6.07) is 1.85. The van der Waals surface area contributed by atoms with E-state index in [9.17, 15) is 4.79 Å². The highest BCUT2D eigenvalue weighted by Crippen LogP contribution is 2.26. The van der Waals surface area contributed by atoms with E-state index >= 15 is 0 Å². The average molecular weight is 330 g/mol. The minimum absolute atomic E-state index is 0.310. The van der Waals surface area contributed by atoms with Crippen molar-refractivity contribution in [3.63, 3.8) is 0 Å². The van der Waals surface area contributed by atoms with Gasteiger partial charge in [0.15, 0.2) is 0 Å². The van der Waals surface area contributed by atoms with Crippen LogP contribution >= 0.6 is 11.3 Å². The molecule has 3 rings (SSSR count). The number of hydrogen-bond acceptors (Lipinski definition) is 7. The van der Waals surface area contributed by atoms with Gasteiger partial charge in [0.25, 0.3) is 11.1 Å². The number of aryl methyl sites for hydroxylation is 2. The van der Waals surface area contributed by atoms with Gasteiger partial charge in [-0.1, -0.05) is 5.10 Å². The molecule has 0 fully saturated rings. The second kappa shape index (κ2) is 6.13. The lowest BCUT2D eigenvalue weighted by atomic mass is 10.0. The van der Waals surface area contributed by atoms with Crippen molar-refractivity contribution in [3.05, 3.63) is 35.9 Å². The van der Waals surface area contributed by atoms with Gasteiger partial charge in [-0.15, -0.1) is 5.10 Å². The fraction of sp³-hybridized carbons (Fsp3) is 0.214. The van der Waals surface area contributed by atoms with Crippen LogP contribution < -0.4 is 10.1 Å². The molecule has 1 amide bonds. The number of carbonyl (C=O) groups is 1. The highest BCUT2D eigenvalue weighted by molar-refractivity contribution is 7.17. The van der Waals surface area contributed by atoms with Crippen LogP contribution in [0.5, 0.6) is 5.19 Å². The predicted molar refractivity (Wildman–Crippen MR) is 85.6 cm³/mol. The summed E-state index contributed by atoms with van der Waals surface area (Å²) in [6.07, 6.45) is 5.10. The summed E-state index contributed by atoms with van der Waals surface area (Å²) in [5, 5.41) is 15.2. The first-order chi connectivity index (χ1) is 11.1. The van der Waals surface area contributed by atoms with E-state index in [1.165, 1.54) is 7.11 Å². The van der Waals surface area contributed by atoms with E-state index in [1.807, 2.05) is 26.2 Å². The highest BCUT2D eigenvalue weighted by atomic mass is 32.1. The molecule has 0 saturated carbocycles. The number of nitrogens with one attached hydrogen (secondary N) is 1. The Bertz CT molecular complexity index is 857. The third-order valence-corrected chi connectivity index (χ3v) is 3.90. The minimum Gasteiger partial charge on any atom is -0.472 e. The molecule has 8 nitrogen and oxygen atoms in total. The number of rotatable bonds is 4. The Balaban J connectivity index is 1.93. The van der Waals surface area contributed by atoms with E-state index in [0.29, 0.717) is 15.9 Å². The Morgan fingerprint density at radius 3 is 2.83 bits per heavy atom. The summed E-state index contributed by atoms with van der Waals surface area (Å²) in [7, 11) is 3.32. The summed E-state index contributed by atoms with van der Waals surface area (Å²) < 4.78 is 6.65. The van der Waals surface area contributed by atoms with Gasteiger partial charge in [0, 0.05) is 36.3 Å². The zero-order chi connectivity index (χ0) is 16.4. The van der Waals surface area contributed by atoms with E-state index in [-0.39, 0.29) is 5.91 Å². The summed E-state index contributed by atoms with van der Waals surface area (Å²) in [4.78, 5) is 16.8. The third kappa shape index (κ3) is 3.19. The van der Waals surface area contributed by atoms with Crippen LogP contribution in [0, 0.1) is 6.92 Å². The van der Waals surface area contributed by atoms with Crippen molar-refractivity contribution in [3.8, 4) is 16.3 Å². The lowest BCUT2D eigenvalue weighted by Crippen LogP contribution is -2.13. The van der Waals surface area contributed by atoms with Gasteiger partial charge in [0.2, 0.25) is 5.13 Å². The molecule has 23 heavy (non-hydrogen) atoms. The summed E-state index contributed by atoms with van der Waals surface area (Å²) in [6.45, 7) is 1.87. The summed E-state index contributed by atoms with van der Waals surface area (Å²) in [5.74, 6) is -0.310. The molecule has 0 saturated heterocycles. The van der Waals surface area contributed by atoms with Crippen LogP contribution in [0.4, 0.5) is 5.13 Å². The van der Waals surface area contributed by atoms with E-state index in [4.69, 9.17) is 4.74 Å². The van der Waals surface area contributed by atoms with E-state index in [2.05, 4.69) is 25.6 Å². The van der Waals surface area contributed by atoms with Crippen molar-refractivity contribution >= 4 is 22.4 Å². The summed E-state index contributed by atoms with van der Waals surface area (Å²) in [5.41, 5.74) is 2.87. The number of amides is 1. The van der Waals surface area contributed by atoms with E-state index in [1.54, 1.807) is 17.1 Å². The molecule has 3 heterocycles. The molecule has 0 bridgehead atoms. The van der Waals surface area contributed by atoms with Crippen LogP contribution in [-0.4, -0.2) is 38.0 Å². The lowest BCUT2D eigenvalue weighted by molar-refractivity contribution is 0.102. The van der Waals surface area contributed by atoms with Crippen molar-refractivity contribution in [2.75, 3.05) is 12.4 Å². The number of methoxy groups -OCH3 is 1. The van der Waals surface area contributed by atoms with Gasteiger partial charge in [0.1, 0.15) is 0 Å². The smallest absolute Gasteiger partial charge is 0.295 e. The van der Waals surface area contributed by atoms with Gasteiger partial charge in [-0.3, -0.25) is 19.8 Å². The Morgan fingerprint density at radius 2 is 2.17 bits per heavy atom. The van der Waals surface area contributed by atoms with E-state index in [0.717, 1.165) is 28.2 Å². The van der Waals surface area contributed by atoms with Crippen LogP contribution in [-0.2, 0) is 7.05 Å². The molecule has 0 radical (unpaired) electrons. The van der Waals surface area contributed by atoms with Crippen molar-refractivity contribution in [2.45, 2.75) is 6.92 Å². The molecule has 1 N–H and O–H groups in total. The fourth-order valence-electron chi connectivity index (χ4n) is 2.05. The number of hydrogen-bond donors (Lipinski definition) is 1. The van der Waals surface area contributed by atoms with Gasteiger partial charge in [-0.25, -0.2) is 0 Å². The van der Waals surface area contributed by atoms with Gasteiger partial charge in [-0.05, 0) is 24.3 Å². The highest BCUT2D eigenvalue weighted by Gasteiger charge is 2.17. The zero-order valence-corrected chi connectivity index (χ0v) is 13.6. The molecule has 0 aromatic carbocycles. The first-order valence-corrected chi connectivity index (χ1v) is 7.53. The number of ether oxygens (including phenoxy) is 1. The van der Waals surface area contributed by atoms with Gasteiger partial charge in [0.05, 0.1) is 18.9 Å². The first kappa shape index (κ1) is 15.1. The van der Waals surface area contributed by atoms with Gasteiger partial charge < -0.3 is 4.74 Å². The monoisotopic (exact) mass is 330 g/mol. The topological polar surface area (TPSA) is 94.8 Å². The minimum atomic E-state index is -0.310. The largest absolute Gasteiger partial charge is 0.472 e. The fourth-order valence-corrected chi connectivity index (χ4v) is 2.60. The van der Waals surface area contributed by atoms with Crippen molar-refractivity contribution < 1.29 is 9.53 Å². The van der Waals surface area contributed by atoms with Crippen molar-refractivity contribution in [2.24, 2.45) is 7.05 Å². The molecule has 0 atom stereocenters. The number of carbonyl (C=O) groups excluding carboxylic acids is 1. The van der Waals surface area contributed by atoms with Crippen molar-refractivity contribution in [1.29, 1.82) is 0 Å².